The summed E-state index contributed by atoms with van der Waals surface area (Å²) < 4.78 is 5.50. The minimum atomic E-state index is -1.30. The molecule has 30 heavy (non-hydrogen) atoms. The molecule has 2 aromatic rings. The lowest BCUT2D eigenvalue weighted by molar-refractivity contribution is -0.145. The smallest absolute Gasteiger partial charge is 0.328 e. The molecule has 0 radical (unpaired) electrons. The number of benzene rings is 2. The van der Waals surface area contributed by atoms with Crippen molar-refractivity contribution < 1.29 is 14.3 Å². The zero-order valence-corrected chi connectivity index (χ0v) is 20.1. The normalized spacial score (nSPS) is 12.3. The highest BCUT2D eigenvalue weighted by Gasteiger charge is 2.25. The molecule has 0 aliphatic rings. The standard InChI is InChI=1S/C23H32N2O3SSi/c1-29-14-12-21(23(27)28-13-15-30(2,3)4)25-22(26)19-11-10-18(24)16-20(19)17-8-6-5-7-9-17/h5-11,16,21H,12-15,24H2,1-4H3,(H,25,26)/t21-/m0/s1. The average Bonchev–Trinajstić information content (AvgIpc) is 2.70. The quantitative estimate of drug-likeness (QED) is 0.316. The molecule has 0 spiro atoms. The Balaban J connectivity index is 2.18. The Morgan fingerprint density at radius 2 is 1.83 bits per heavy atom. The molecule has 0 unspecified atom stereocenters. The number of thioether (sulfide) groups is 1. The van der Waals surface area contributed by atoms with Crippen LogP contribution in [0.2, 0.25) is 25.7 Å². The molecular weight excluding hydrogens is 412 g/mol. The zero-order valence-electron chi connectivity index (χ0n) is 18.2. The van der Waals surface area contributed by atoms with Gasteiger partial charge in [0.1, 0.15) is 6.04 Å². The van der Waals surface area contributed by atoms with Gasteiger partial charge in [-0.05, 0) is 53.8 Å². The van der Waals surface area contributed by atoms with Crippen LogP contribution >= 0.6 is 11.8 Å². The molecule has 1 amide bonds. The van der Waals surface area contributed by atoms with Gasteiger partial charge in [0.15, 0.2) is 0 Å². The summed E-state index contributed by atoms with van der Waals surface area (Å²) in [5.41, 5.74) is 8.67. The van der Waals surface area contributed by atoms with Gasteiger partial charge >= 0.3 is 5.97 Å². The summed E-state index contributed by atoms with van der Waals surface area (Å²) in [6.45, 7) is 7.11. The number of rotatable bonds is 10. The van der Waals surface area contributed by atoms with E-state index in [4.69, 9.17) is 10.5 Å². The number of amides is 1. The lowest BCUT2D eigenvalue weighted by Gasteiger charge is -2.20. The van der Waals surface area contributed by atoms with Crippen LogP contribution in [0.4, 0.5) is 5.69 Å². The molecule has 0 saturated heterocycles. The predicted molar refractivity (Wildman–Crippen MR) is 130 cm³/mol. The minimum absolute atomic E-state index is 0.304. The molecule has 162 valence electrons. The number of hydrogen-bond acceptors (Lipinski definition) is 5. The molecule has 3 N–H and O–H groups in total. The van der Waals surface area contributed by atoms with E-state index in [1.54, 1.807) is 30.0 Å². The lowest BCUT2D eigenvalue weighted by Crippen LogP contribution is -2.42. The summed E-state index contributed by atoms with van der Waals surface area (Å²) in [7, 11) is -1.30. The molecular formula is C23H32N2O3SSi. The third-order valence-corrected chi connectivity index (χ3v) is 7.02. The number of anilines is 1. The van der Waals surface area contributed by atoms with Crippen molar-refractivity contribution in [2.75, 3.05) is 24.3 Å². The van der Waals surface area contributed by atoms with E-state index in [0.717, 1.165) is 22.9 Å². The maximum Gasteiger partial charge on any atom is 0.328 e. The summed E-state index contributed by atoms with van der Waals surface area (Å²) in [6, 6.07) is 15.0. The van der Waals surface area contributed by atoms with Gasteiger partial charge in [-0.3, -0.25) is 4.79 Å². The van der Waals surface area contributed by atoms with E-state index in [1.165, 1.54) is 0 Å². The third kappa shape index (κ3) is 7.53. The Kier molecular flexibility index (Phi) is 8.99. The van der Waals surface area contributed by atoms with Crippen molar-refractivity contribution in [1.29, 1.82) is 0 Å². The van der Waals surface area contributed by atoms with E-state index in [9.17, 15) is 9.59 Å². The van der Waals surface area contributed by atoms with E-state index >= 15 is 0 Å². The van der Waals surface area contributed by atoms with Crippen molar-refractivity contribution in [3.05, 3.63) is 54.1 Å². The first-order chi connectivity index (χ1) is 14.2. The Labute approximate surface area is 184 Å². The molecule has 1 atom stereocenters. The highest BCUT2D eigenvalue weighted by molar-refractivity contribution is 7.98. The minimum Gasteiger partial charge on any atom is -0.464 e. The van der Waals surface area contributed by atoms with E-state index < -0.39 is 14.1 Å². The molecule has 2 rings (SSSR count). The van der Waals surface area contributed by atoms with E-state index in [0.29, 0.717) is 24.3 Å². The fourth-order valence-electron chi connectivity index (χ4n) is 2.90. The van der Waals surface area contributed by atoms with Crippen LogP contribution in [0.15, 0.2) is 48.5 Å². The Morgan fingerprint density at radius 1 is 1.13 bits per heavy atom. The van der Waals surface area contributed by atoms with Crippen molar-refractivity contribution in [3.8, 4) is 11.1 Å². The van der Waals surface area contributed by atoms with E-state index in [-0.39, 0.29) is 11.9 Å². The van der Waals surface area contributed by atoms with Gasteiger partial charge in [0.05, 0.1) is 6.61 Å². The summed E-state index contributed by atoms with van der Waals surface area (Å²) in [6.07, 6.45) is 2.50. The average molecular weight is 445 g/mol. The van der Waals surface area contributed by atoms with Gasteiger partial charge in [0.2, 0.25) is 0 Å². The third-order valence-electron chi connectivity index (χ3n) is 4.67. The molecule has 0 aliphatic carbocycles. The first-order valence-electron chi connectivity index (χ1n) is 10.1. The number of carbonyl (C=O) groups excluding carboxylic acids is 2. The van der Waals surface area contributed by atoms with Gasteiger partial charge < -0.3 is 15.8 Å². The van der Waals surface area contributed by atoms with Crippen LogP contribution in [0.3, 0.4) is 0 Å². The molecule has 0 aliphatic heterocycles. The van der Waals surface area contributed by atoms with Crippen LogP contribution < -0.4 is 11.1 Å². The number of nitrogens with one attached hydrogen (secondary N) is 1. The number of ether oxygens (including phenoxy) is 1. The second-order valence-corrected chi connectivity index (χ2v) is 15.1. The van der Waals surface area contributed by atoms with Crippen LogP contribution in [0.1, 0.15) is 16.8 Å². The molecule has 0 bridgehead atoms. The largest absolute Gasteiger partial charge is 0.464 e. The highest BCUT2D eigenvalue weighted by Crippen LogP contribution is 2.26. The maximum atomic E-state index is 13.1. The van der Waals surface area contributed by atoms with Crippen LogP contribution in [0.25, 0.3) is 11.1 Å². The summed E-state index contributed by atoms with van der Waals surface area (Å²) in [5.74, 6) is 0.0795. The first kappa shape index (κ1) is 24.0. The van der Waals surface area contributed by atoms with Gasteiger partial charge in [-0.15, -0.1) is 0 Å². The molecule has 0 heterocycles. The van der Waals surface area contributed by atoms with E-state index in [2.05, 4.69) is 25.0 Å². The van der Waals surface area contributed by atoms with Gasteiger partial charge in [0.25, 0.3) is 5.91 Å². The van der Waals surface area contributed by atoms with Crippen LogP contribution in [0, 0.1) is 0 Å². The highest BCUT2D eigenvalue weighted by atomic mass is 32.2. The second kappa shape index (κ2) is 11.2. The molecule has 5 nitrogen and oxygen atoms in total. The molecule has 0 aromatic heterocycles. The summed E-state index contributed by atoms with van der Waals surface area (Å²) in [4.78, 5) is 25.8. The van der Waals surface area contributed by atoms with Crippen LogP contribution in [-0.4, -0.2) is 44.6 Å². The fraction of sp³-hybridized carbons (Fsp3) is 0.391. The fourth-order valence-corrected chi connectivity index (χ4v) is 4.08. The van der Waals surface area contributed by atoms with E-state index in [1.807, 2.05) is 36.6 Å². The number of esters is 1. The monoisotopic (exact) mass is 444 g/mol. The summed E-state index contributed by atoms with van der Waals surface area (Å²) in [5, 5.41) is 2.89. The van der Waals surface area contributed by atoms with Crippen molar-refractivity contribution >= 4 is 37.4 Å². The second-order valence-electron chi connectivity index (χ2n) is 8.46. The molecule has 7 heteroatoms. The predicted octanol–water partition coefficient (Wildman–Crippen LogP) is 4.67. The molecule has 2 aromatic carbocycles. The summed E-state index contributed by atoms with van der Waals surface area (Å²) >= 11 is 1.63. The number of hydrogen-bond donors (Lipinski definition) is 2. The molecule has 0 fully saturated rings. The lowest BCUT2D eigenvalue weighted by atomic mass is 9.98. The topological polar surface area (TPSA) is 81.4 Å². The number of carbonyl (C=O) groups is 2. The Morgan fingerprint density at radius 3 is 2.47 bits per heavy atom. The van der Waals surface area contributed by atoms with Gasteiger partial charge in [0, 0.05) is 19.3 Å². The first-order valence-corrected chi connectivity index (χ1v) is 15.2. The van der Waals surface area contributed by atoms with Crippen molar-refractivity contribution in [2.24, 2.45) is 0 Å². The van der Waals surface area contributed by atoms with Gasteiger partial charge in [-0.1, -0.05) is 50.0 Å². The molecule has 0 saturated carbocycles. The number of nitrogens with two attached hydrogens (primary N) is 1. The van der Waals surface area contributed by atoms with Crippen LogP contribution in [-0.2, 0) is 9.53 Å². The maximum absolute atomic E-state index is 13.1. The van der Waals surface area contributed by atoms with Crippen molar-refractivity contribution in [1.82, 2.24) is 5.32 Å². The zero-order chi connectivity index (χ0) is 22.1. The van der Waals surface area contributed by atoms with Crippen LogP contribution in [0.5, 0.6) is 0 Å². The van der Waals surface area contributed by atoms with Crippen molar-refractivity contribution in [3.63, 3.8) is 0 Å². The van der Waals surface area contributed by atoms with Gasteiger partial charge in [-0.2, -0.15) is 11.8 Å². The van der Waals surface area contributed by atoms with Gasteiger partial charge in [-0.25, -0.2) is 4.79 Å². The Hall–Kier alpha value is -2.25. The Bertz CT molecular complexity index is 853. The SMILES string of the molecule is CSCC[C@H](NC(=O)c1ccc(N)cc1-c1ccccc1)C(=O)OCC[Si](C)(C)C. The number of nitrogen functional groups attached to an aromatic ring is 1. The van der Waals surface area contributed by atoms with Crippen molar-refractivity contribution in [2.45, 2.75) is 38.1 Å².